The van der Waals surface area contributed by atoms with Crippen LogP contribution in [0, 0.1) is 29.6 Å². The summed E-state index contributed by atoms with van der Waals surface area (Å²) in [5.74, 6) is 7.36. The third-order valence-corrected chi connectivity index (χ3v) is 11.0. The zero-order chi connectivity index (χ0) is 33.2. The lowest BCUT2D eigenvalue weighted by atomic mass is 9.51. The van der Waals surface area contributed by atoms with Crippen LogP contribution in [0.15, 0.2) is 36.4 Å². The lowest BCUT2D eigenvalue weighted by Gasteiger charge is -2.60. The number of alkyl halides is 3. The van der Waals surface area contributed by atoms with Gasteiger partial charge in [0.05, 0.1) is 18.7 Å². The summed E-state index contributed by atoms with van der Waals surface area (Å²) >= 11 is 0. The van der Waals surface area contributed by atoms with Gasteiger partial charge in [-0.1, -0.05) is 25.8 Å². The summed E-state index contributed by atoms with van der Waals surface area (Å²) in [5, 5.41) is 0. The molecule has 0 radical (unpaired) electrons. The Kier molecular flexibility index (Phi) is 7.98. The highest BCUT2D eigenvalue weighted by molar-refractivity contribution is 5.94. The number of carbonyl (C=O) groups excluding carboxylic acids is 2. The van der Waals surface area contributed by atoms with Crippen molar-refractivity contribution in [2.45, 2.75) is 88.8 Å². The number of ether oxygens (including phenoxy) is 3. The largest absolute Gasteiger partial charge is 0.493 e. The third-order valence-electron chi connectivity index (χ3n) is 11.0. The van der Waals surface area contributed by atoms with E-state index in [0.717, 1.165) is 63.1 Å². The molecule has 47 heavy (non-hydrogen) atoms. The molecule has 1 amide bonds. The number of amides is 1. The van der Waals surface area contributed by atoms with Gasteiger partial charge >= 0.3 is 12.1 Å². The minimum atomic E-state index is -4.44. The average Bonchev–Trinajstić information content (AvgIpc) is 3.64. The molecule has 2 aromatic carbocycles. The van der Waals surface area contributed by atoms with Crippen molar-refractivity contribution >= 4 is 11.9 Å². The first-order valence-electron chi connectivity index (χ1n) is 16.7. The number of hydrogen-bond acceptors (Lipinski definition) is 6. The molecule has 7 atom stereocenters. The molecule has 1 saturated heterocycles. The molecule has 2 aromatic rings. The van der Waals surface area contributed by atoms with Crippen LogP contribution in [0.5, 0.6) is 11.5 Å². The summed E-state index contributed by atoms with van der Waals surface area (Å²) in [6, 6.07) is 8.83. The first-order valence-corrected chi connectivity index (χ1v) is 16.7. The summed E-state index contributed by atoms with van der Waals surface area (Å²) in [5.41, 5.74) is 1.83. The van der Waals surface area contributed by atoms with E-state index in [-0.39, 0.29) is 41.5 Å². The maximum absolute atomic E-state index is 13.9. The molecular weight excluding hydrogens is 609 g/mol. The lowest BCUT2D eigenvalue weighted by molar-refractivity contribution is -0.143. The van der Waals surface area contributed by atoms with Crippen LogP contribution in [-0.4, -0.2) is 72.7 Å². The molecule has 2 aliphatic heterocycles. The van der Waals surface area contributed by atoms with E-state index in [1.807, 2.05) is 11.0 Å². The normalized spacial score (nSPS) is 30.0. The fourth-order valence-corrected chi connectivity index (χ4v) is 9.07. The van der Waals surface area contributed by atoms with E-state index in [1.165, 1.54) is 30.2 Å². The van der Waals surface area contributed by atoms with E-state index < -0.39 is 11.7 Å². The average molecular weight is 651 g/mol. The maximum atomic E-state index is 13.9. The van der Waals surface area contributed by atoms with E-state index in [4.69, 9.17) is 14.2 Å². The van der Waals surface area contributed by atoms with Crippen molar-refractivity contribution in [2.75, 3.05) is 26.7 Å². The Morgan fingerprint density at radius 2 is 1.91 bits per heavy atom. The van der Waals surface area contributed by atoms with Gasteiger partial charge in [-0.05, 0) is 86.4 Å². The van der Waals surface area contributed by atoms with Crippen molar-refractivity contribution in [1.82, 2.24) is 9.80 Å². The van der Waals surface area contributed by atoms with Crippen LogP contribution in [0.25, 0.3) is 0 Å². The van der Waals surface area contributed by atoms with E-state index in [9.17, 15) is 22.8 Å². The molecule has 3 fully saturated rings. The van der Waals surface area contributed by atoms with E-state index in [1.54, 1.807) is 7.11 Å². The van der Waals surface area contributed by atoms with Crippen LogP contribution in [-0.2, 0) is 32.3 Å². The van der Waals surface area contributed by atoms with Crippen LogP contribution >= 0.6 is 0 Å². The molecular formula is C37H41F3N2O5. The number of hydrogen-bond donors (Lipinski definition) is 0. The molecule has 250 valence electrons. The van der Waals surface area contributed by atoms with Crippen molar-refractivity contribution in [3.8, 4) is 23.3 Å². The zero-order valence-electron chi connectivity index (χ0n) is 27.2. The number of benzene rings is 2. The molecule has 5 aliphatic rings. The summed E-state index contributed by atoms with van der Waals surface area (Å²) in [7, 11) is 1.66. The summed E-state index contributed by atoms with van der Waals surface area (Å²) in [6.07, 6.45) is -0.320. The van der Waals surface area contributed by atoms with Crippen LogP contribution in [0.3, 0.4) is 0 Å². The number of piperidine rings is 1. The molecule has 0 aromatic heterocycles. The molecule has 10 heteroatoms. The second kappa shape index (κ2) is 11.8. The van der Waals surface area contributed by atoms with Crippen LogP contribution in [0.1, 0.15) is 68.7 Å². The maximum Gasteiger partial charge on any atom is 0.416 e. The second-order valence-corrected chi connectivity index (χ2v) is 14.3. The minimum absolute atomic E-state index is 0.00714. The molecule has 0 N–H and O–H groups in total. The molecule has 2 unspecified atom stereocenters. The molecule has 3 aliphatic carbocycles. The molecule has 2 heterocycles. The molecule has 7 rings (SSSR count). The smallest absolute Gasteiger partial charge is 0.416 e. The number of carbonyl (C=O) groups is 2. The van der Waals surface area contributed by atoms with Gasteiger partial charge < -0.3 is 19.1 Å². The zero-order valence-corrected chi connectivity index (χ0v) is 27.2. The number of likely N-dealkylation sites (tertiary alicyclic amines) is 1. The van der Waals surface area contributed by atoms with Gasteiger partial charge in [-0.2, -0.15) is 13.2 Å². The monoisotopic (exact) mass is 650 g/mol. The van der Waals surface area contributed by atoms with Gasteiger partial charge in [0.1, 0.15) is 12.2 Å². The van der Waals surface area contributed by atoms with E-state index in [2.05, 4.69) is 36.7 Å². The Bertz CT molecular complexity index is 1630. The highest BCUT2D eigenvalue weighted by Crippen LogP contribution is 2.64. The Morgan fingerprint density at radius 1 is 1.15 bits per heavy atom. The highest BCUT2D eigenvalue weighted by atomic mass is 19.4. The topological polar surface area (TPSA) is 68.3 Å². The quantitative estimate of drug-likeness (QED) is 0.287. The van der Waals surface area contributed by atoms with Gasteiger partial charge in [0.15, 0.2) is 11.5 Å². The van der Waals surface area contributed by atoms with Crippen LogP contribution in [0.2, 0.25) is 0 Å². The predicted octanol–water partition coefficient (Wildman–Crippen LogP) is 5.61. The Hall–Kier alpha value is -3.71. The standard InChI is InChI=1S/C37H41F3N2O5/c1-21(2)19-42(32(44)14-7-23-5-9-26(10-6-23)37(38,39)40)28-12-11-27-29-17-24-8-13-30(45-4)34-33(24)36(27,35(28)47-34)15-16-41(29)20-25-18-31(25)46-22(3)43/h5-6,8-10,13,21,25,27-29,31,35H,11-12,15-20H2,1-4H3/t25?,27-,28+,29+,31?,35-,36-/m0/s1. The fourth-order valence-electron chi connectivity index (χ4n) is 9.07. The number of methoxy groups -OCH3 is 1. The van der Waals surface area contributed by atoms with E-state index in [0.29, 0.717) is 35.7 Å². The Balaban J connectivity index is 1.20. The van der Waals surface area contributed by atoms with Gasteiger partial charge in [-0.25, -0.2) is 0 Å². The van der Waals surface area contributed by atoms with Crippen LogP contribution < -0.4 is 9.47 Å². The molecule has 2 bridgehead atoms. The Labute approximate surface area is 273 Å². The first kappa shape index (κ1) is 31.9. The summed E-state index contributed by atoms with van der Waals surface area (Å²) in [4.78, 5) is 29.9. The van der Waals surface area contributed by atoms with Crippen molar-refractivity contribution in [3.63, 3.8) is 0 Å². The number of halogens is 3. The summed E-state index contributed by atoms with van der Waals surface area (Å²) in [6.45, 7) is 7.88. The minimum Gasteiger partial charge on any atom is -0.493 e. The van der Waals surface area contributed by atoms with Crippen LogP contribution in [0.4, 0.5) is 13.2 Å². The lowest BCUT2D eigenvalue weighted by Crippen LogP contribution is -2.69. The van der Waals surface area contributed by atoms with E-state index >= 15 is 0 Å². The predicted molar refractivity (Wildman–Crippen MR) is 168 cm³/mol. The van der Waals surface area contributed by atoms with Crippen molar-refractivity contribution in [3.05, 3.63) is 58.7 Å². The van der Waals surface area contributed by atoms with Gasteiger partial charge in [0.2, 0.25) is 0 Å². The fraction of sp³-hybridized carbons (Fsp3) is 0.568. The van der Waals surface area contributed by atoms with Gasteiger partial charge in [0, 0.05) is 54.4 Å². The van der Waals surface area contributed by atoms with Gasteiger partial charge in [0.25, 0.3) is 5.91 Å². The first-order chi connectivity index (χ1) is 22.4. The second-order valence-electron chi connectivity index (χ2n) is 14.3. The van der Waals surface area contributed by atoms with Crippen molar-refractivity contribution < 1.29 is 37.0 Å². The molecule has 7 nitrogen and oxygen atoms in total. The van der Waals surface area contributed by atoms with Gasteiger partial charge in [-0.15, -0.1) is 0 Å². The number of rotatable bonds is 7. The van der Waals surface area contributed by atoms with Crippen molar-refractivity contribution in [2.24, 2.45) is 17.8 Å². The SMILES string of the molecule is COc1ccc2c3c1O[C@H]1[C@H](N(CC(C)C)C(=O)C#Cc4ccc(C(F)(F)F)cc4)CC[C@H]4[C@@H](C2)N(CC2CC2OC(C)=O)CC[C@@]341. The van der Waals surface area contributed by atoms with Gasteiger partial charge in [-0.3, -0.25) is 14.5 Å². The summed E-state index contributed by atoms with van der Waals surface area (Å²) < 4.78 is 57.5. The third kappa shape index (κ3) is 5.54. The Morgan fingerprint density at radius 3 is 2.60 bits per heavy atom. The molecule has 1 spiro atoms. The highest BCUT2D eigenvalue weighted by Gasteiger charge is 2.67. The number of esters is 1. The molecule has 2 saturated carbocycles. The number of nitrogens with zero attached hydrogens (tertiary/aromatic N) is 2. The van der Waals surface area contributed by atoms with Crippen molar-refractivity contribution in [1.29, 1.82) is 0 Å².